The number of carbonyl (C=O) groups excluding carboxylic acids is 1. The minimum absolute atomic E-state index is 0. The van der Waals surface area contributed by atoms with E-state index in [9.17, 15) is 4.79 Å². The van der Waals surface area contributed by atoms with Crippen LogP contribution in [0.1, 0.15) is 13.8 Å². The summed E-state index contributed by atoms with van der Waals surface area (Å²) in [6.45, 7) is 10.8. The summed E-state index contributed by atoms with van der Waals surface area (Å²) in [4.78, 5) is 10.2. The second-order valence-electron chi connectivity index (χ2n) is 2.29. The molecule has 0 rings (SSSR count). The van der Waals surface area contributed by atoms with Gasteiger partial charge in [0.2, 0.25) is 0 Å². The average molecular weight is 300 g/mol. The molecule has 0 aliphatic heterocycles. The minimum atomic E-state index is 0. The third kappa shape index (κ3) is 6.54. The molecule has 0 aliphatic rings. The smallest absolute Gasteiger partial charge is 0.0629 e. The summed E-state index contributed by atoms with van der Waals surface area (Å²) < 4.78 is 0. The third-order valence-electron chi connectivity index (χ3n) is 0.960. The van der Waals surface area contributed by atoms with Crippen LogP contribution in [0.3, 0.4) is 0 Å². The maximum atomic E-state index is 10.2. The minimum Gasteiger partial charge on any atom is -0.376 e. The van der Waals surface area contributed by atoms with Crippen molar-refractivity contribution >= 4 is 6.29 Å². The van der Waals surface area contributed by atoms with E-state index in [0.717, 1.165) is 11.1 Å². The molecule has 0 aromatic carbocycles. The van der Waals surface area contributed by atoms with Gasteiger partial charge >= 0.3 is 0 Å². The first-order chi connectivity index (χ1) is 4.57. The maximum Gasteiger partial charge on any atom is 0.0629 e. The zero-order chi connectivity index (χ0) is 8.15. The van der Waals surface area contributed by atoms with Gasteiger partial charge < -0.3 is 4.79 Å². The van der Waals surface area contributed by atoms with Gasteiger partial charge in [0.05, 0.1) is 6.29 Å². The second kappa shape index (κ2) is 6.84. The van der Waals surface area contributed by atoms with E-state index in [2.05, 4.69) is 13.2 Å². The molecule has 0 aromatic rings. The van der Waals surface area contributed by atoms with E-state index < -0.39 is 0 Å². The zero-order valence-electron chi connectivity index (χ0n) is 6.70. The van der Waals surface area contributed by atoms with Gasteiger partial charge in [-0.2, -0.15) is 18.2 Å². The number of allylic oxidation sites excluding steroid dienone is 4. The largest absolute Gasteiger partial charge is 0.376 e. The summed E-state index contributed by atoms with van der Waals surface area (Å²) in [6, 6.07) is 0. The normalized spacial score (nSPS) is 9.82. The fourth-order valence-electron chi connectivity index (χ4n) is 0.486. The van der Waals surface area contributed by atoms with Crippen LogP contribution in [0.15, 0.2) is 36.0 Å². The summed E-state index contributed by atoms with van der Waals surface area (Å²) in [5.41, 5.74) is 2.05. The fourth-order valence-corrected chi connectivity index (χ4v) is 0.486. The van der Waals surface area contributed by atoms with Crippen molar-refractivity contribution < 1.29 is 42.5 Å². The molecular weight excluding hydrogens is 289 g/mol. The van der Waals surface area contributed by atoms with Crippen LogP contribution in [0, 0.1) is 37.7 Å². The van der Waals surface area contributed by atoms with Crippen LogP contribution in [0.2, 0.25) is 0 Å². The molecule has 0 saturated carbocycles. The van der Waals surface area contributed by atoms with Gasteiger partial charge in [-0.25, -0.2) is 0 Å². The molecule has 0 aromatic heterocycles. The maximum absolute atomic E-state index is 10.2. The topological polar surface area (TPSA) is 17.1 Å². The Morgan fingerprint density at radius 2 is 1.82 bits per heavy atom. The van der Waals surface area contributed by atoms with Crippen molar-refractivity contribution in [3.63, 3.8) is 0 Å². The Labute approximate surface area is 97.9 Å². The molecule has 1 radical (unpaired) electrons. The molecule has 0 spiro atoms. The Hall–Kier alpha value is 0.150. The van der Waals surface area contributed by atoms with E-state index >= 15 is 0 Å². The quantitative estimate of drug-likeness (QED) is 0.338. The predicted octanol–water partition coefficient (Wildman–Crippen LogP) is 2.17. The standard InChI is InChI=1S/C9H11O.Ho/c1-7(2)5-9(6-10)8(3)4;/h5H,1,3H2,2,4H3;/q-1;/b9-5-;. The van der Waals surface area contributed by atoms with E-state index in [0.29, 0.717) is 5.57 Å². The van der Waals surface area contributed by atoms with Crippen molar-refractivity contribution in [3.05, 3.63) is 36.0 Å². The second-order valence-corrected chi connectivity index (χ2v) is 2.29. The van der Waals surface area contributed by atoms with Crippen LogP contribution in [0.4, 0.5) is 0 Å². The SMILES string of the molecule is C=C(C)/C=C(/[C-]=O)C(=C)C.[Ho]. The van der Waals surface area contributed by atoms with Crippen LogP contribution in [-0.4, -0.2) is 6.29 Å². The van der Waals surface area contributed by atoms with Gasteiger partial charge in [0, 0.05) is 37.7 Å². The van der Waals surface area contributed by atoms with Crippen molar-refractivity contribution in [3.8, 4) is 0 Å². The van der Waals surface area contributed by atoms with Gasteiger partial charge in [0.25, 0.3) is 0 Å². The van der Waals surface area contributed by atoms with Crippen LogP contribution in [0.5, 0.6) is 0 Å². The summed E-state index contributed by atoms with van der Waals surface area (Å²) in [5.74, 6) is 0. The zero-order valence-corrected chi connectivity index (χ0v) is 8.64. The Morgan fingerprint density at radius 1 is 1.36 bits per heavy atom. The van der Waals surface area contributed by atoms with E-state index in [1.807, 2.05) is 6.92 Å². The summed E-state index contributed by atoms with van der Waals surface area (Å²) in [5, 5.41) is 0. The third-order valence-corrected chi connectivity index (χ3v) is 0.960. The molecule has 0 bridgehead atoms. The van der Waals surface area contributed by atoms with Gasteiger partial charge in [-0.05, 0) is 0 Å². The van der Waals surface area contributed by atoms with Crippen LogP contribution >= 0.6 is 0 Å². The van der Waals surface area contributed by atoms with Crippen molar-refractivity contribution in [1.82, 2.24) is 0 Å². The monoisotopic (exact) mass is 300 g/mol. The molecule has 0 aliphatic carbocycles. The summed E-state index contributed by atoms with van der Waals surface area (Å²) >= 11 is 0. The molecule has 0 saturated heterocycles. The number of hydrogen-bond donors (Lipinski definition) is 0. The van der Waals surface area contributed by atoms with Crippen molar-refractivity contribution in [2.45, 2.75) is 13.8 Å². The average Bonchev–Trinajstić information content (AvgIpc) is 1.81. The van der Waals surface area contributed by atoms with E-state index in [1.54, 1.807) is 19.3 Å². The van der Waals surface area contributed by atoms with Gasteiger partial charge in [-0.3, -0.25) is 0 Å². The van der Waals surface area contributed by atoms with Crippen LogP contribution in [0.25, 0.3) is 0 Å². The Morgan fingerprint density at radius 3 is 1.91 bits per heavy atom. The molecule has 65 valence electrons. The number of rotatable bonds is 3. The molecular formula is C9H11HoO-. The summed E-state index contributed by atoms with van der Waals surface area (Å²) in [6.07, 6.45) is 3.45. The fraction of sp³-hybridized carbons (Fsp3) is 0.222. The number of hydrogen-bond acceptors (Lipinski definition) is 1. The Bertz CT molecular complexity index is 202. The molecule has 0 fully saturated rings. The van der Waals surface area contributed by atoms with Crippen LogP contribution < -0.4 is 0 Å². The van der Waals surface area contributed by atoms with Crippen molar-refractivity contribution in [2.24, 2.45) is 0 Å². The first-order valence-electron chi connectivity index (χ1n) is 2.99. The predicted molar refractivity (Wildman–Crippen MR) is 43.4 cm³/mol. The molecule has 0 unspecified atom stereocenters. The summed E-state index contributed by atoms with van der Waals surface area (Å²) in [7, 11) is 0. The first kappa shape index (κ1) is 13.7. The molecule has 0 heterocycles. The Kier molecular flexibility index (Phi) is 8.53. The van der Waals surface area contributed by atoms with Gasteiger partial charge in [-0.15, -0.1) is 17.7 Å². The van der Waals surface area contributed by atoms with Gasteiger partial charge in [-0.1, -0.05) is 13.8 Å². The van der Waals surface area contributed by atoms with Crippen LogP contribution in [-0.2, 0) is 4.79 Å². The molecule has 0 amide bonds. The molecule has 0 atom stereocenters. The molecule has 1 nitrogen and oxygen atoms in total. The molecule has 11 heavy (non-hydrogen) atoms. The van der Waals surface area contributed by atoms with E-state index in [4.69, 9.17) is 0 Å². The molecule has 0 N–H and O–H groups in total. The van der Waals surface area contributed by atoms with E-state index in [1.165, 1.54) is 0 Å². The Balaban J connectivity index is 0. The first-order valence-corrected chi connectivity index (χ1v) is 2.99. The van der Waals surface area contributed by atoms with Crippen molar-refractivity contribution in [2.75, 3.05) is 0 Å². The van der Waals surface area contributed by atoms with Crippen molar-refractivity contribution in [1.29, 1.82) is 0 Å². The van der Waals surface area contributed by atoms with Gasteiger partial charge in [0.1, 0.15) is 0 Å². The molecule has 2 heteroatoms. The van der Waals surface area contributed by atoms with Gasteiger partial charge in [0.15, 0.2) is 0 Å². The van der Waals surface area contributed by atoms with E-state index in [-0.39, 0.29) is 37.7 Å².